The normalized spacial score (nSPS) is 26.4. The van der Waals surface area contributed by atoms with Crippen molar-refractivity contribution < 1.29 is 0 Å². The van der Waals surface area contributed by atoms with Crippen molar-refractivity contribution in [3.05, 3.63) is 0 Å². The molecule has 2 nitrogen and oxygen atoms in total. The van der Waals surface area contributed by atoms with Crippen molar-refractivity contribution in [2.45, 2.75) is 96.4 Å². The lowest BCUT2D eigenvalue weighted by Crippen LogP contribution is -2.54. The van der Waals surface area contributed by atoms with E-state index in [9.17, 15) is 0 Å². The van der Waals surface area contributed by atoms with Gasteiger partial charge in [-0.3, -0.25) is 4.90 Å². The Morgan fingerprint density at radius 1 is 1.05 bits per heavy atom. The lowest BCUT2D eigenvalue weighted by atomic mass is 9.75. The second kappa shape index (κ2) is 10.6. The number of unbranched alkanes of at least 4 members (excludes halogenated alkanes) is 7. The fourth-order valence-electron chi connectivity index (χ4n) is 4.04. The minimum atomic E-state index is 0.304. The molecule has 1 aliphatic carbocycles. The molecule has 0 saturated heterocycles. The van der Waals surface area contributed by atoms with Gasteiger partial charge in [-0.2, -0.15) is 0 Å². The van der Waals surface area contributed by atoms with Gasteiger partial charge in [0.05, 0.1) is 0 Å². The highest BCUT2D eigenvalue weighted by atomic mass is 15.2. The van der Waals surface area contributed by atoms with Crippen LogP contribution in [0.2, 0.25) is 0 Å². The zero-order valence-corrected chi connectivity index (χ0v) is 15.0. The highest BCUT2D eigenvalue weighted by molar-refractivity contribution is 4.94. The number of rotatable bonds is 11. The molecule has 0 aromatic heterocycles. The Morgan fingerprint density at radius 3 is 2.24 bits per heavy atom. The van der Waals surface area contributed by atoms with Crippen molar-refractivity contribution in [3.63, 3.8) is 0 Å². The van der Waals surface area contributed by atoms with Crippen molar-refractivity contribution in [1.29, 1.82) is 0 Å². The zero-order chi connectivity index (χ0) is 15.6. The molecule has 2 N–H and O–H groups in total. The molecule has 1 saturated carbocycles. The molecule has 0 spiro atoms. The maximum Gasteiger partial charge on any atom is 0.0331 e. The van der Waals surface area contributed by atoms with Gasteiger partial charge in [0.1, 0.15) is 0 Å². The van der Waals surface area contributed by atoms with Crippen LogP contribution in [0.1, 0.15) is 90.9 Å². The average Bonchev–Trinajstić information content (AvgIpc) is 2.49. The molecule has 2 heteroatoms. The first-order valence-corrected chi connectivity index (χ1v) is 9.56. The van der Waals surface area contributed by atoms with Gasteiger partial charge in [-0.25, -0.2) is 0 Å². The van der Waals surface area contributed by atoms with Crippen LogP contribution < -0.4 is 5.73 Å². The molecule has 0 heterocycles. The van der Waals surface area contributed by atoms with E-state index in [0.717, 1.165) is 12.5 Å². The molecule has 21 heavy (non-hydrogen) atoms. The van der Waals surface area contributed by atoms with Gasteiger partial charge < -0.3 is 5.73 Å². The number of nitrogens with zero attached hydrogens (tertiary/aromatic N) is 1. The smallest absolute Gasteiger partial charge is 0.0331 e. The molecular formula is C19H40N2. The van der Waals surface area contributed by atoms with Crippen molar-refractivity contribution in [2.24, 2.45) is 11.7 Å². The summed E-state index contributed by atoms with van der Waals surface area (Å²) in [6.45, 7) is 6.76. The van der Waals surface area contributed by atoms with E-state index in [1.54, 1.807) is 0 Å². The Morgan fingerprint density at radius 2 is 1.67 bits per heavy atom. The lowest BCUT2D eigenvalue weighted by molar-refractivity contribution is 0.0602. The maximum absolute atomic E-state index is 6.16. The quantitative estimate of drug-likeness (QED) is 0.546. The van der Waals surface area contributed by atoms with Crippen LogP contribution in [0.3, 0.4) is 0 Å². The summed E-state index contributed by atoms with van der Waals surface area (Å²) in [5, 5.41) is 0. The molecule has 0 bridgehead atoms. The van der Waals surface area contributed by atoms with Crippen molar-refractivity contribution in [1.82, 2.24) is 4.90 Å². The molecule has 0 aliphatic heterocycles. The van der Waals surface area contributed by atoms with Gasteiger partial charge in [0.2, 0.25) is 0 Å². The number of hydrogen-bond acceptors (Lipinski definition) is 2. The van der Waals surface area contributed by atoms with Crippen LogP contribution in [0.25, 0.3) is 0 Å². The van der Waals surface area contributed by atoms with Crippen LogP contribution in [0, 0.1) is 5.92 Å². The second-order valence-electron chi connectivity index (χ2n) is 7.53. The summed E-state index contributed by atoms with van der Waals surface area (Å²) >= 11 is 0. The number of likely N-dealkylation sites (N-methyl/N-ethyl adjacent to an activating group) is 1. The summed E-state index contributed by atoms with van der Waals surface area (Å²) in [6, 6.07) is 0. The Kier molecular flexibility index (Phi) is 9.59. The third-order valence-corrected chi connectivity index (χ3v) is 5.60. The topological polar surface area (TPSA) is 29.3 Å². The van der Waals surface area contributed by atoms with E-state index in [0.29, 0.717) is 5.54 Å². The van der Waals surface area contributed by atoms with Crippen LogP contribution in [0.15, 0.2) is 0 Å². The van der Waals surface area contributed by atoms with Crippen LogP contribution in [-0.2, 0) is 0 Å². The summed E-state index contributed by atoms with van der Waals surface area (Å²) in [7, 11) is 2.31. The largest absolute Gasteiger partial charge is 0.329 e. The Balaban J connectivity index is 2.15. The highest BCUT2D eigenvalue weighted by Crippen LogP contribution is 2.35. The molecule has 2 atom stereocenters. The molecule has 0 amide bonds. The minimum Gasteiger partial charge on any atom is -0.329 e. The van der Waals surface area contributed by atoms with E-state index < -0.39 is 0 Å². The van der Waals surface area contributed by atoms with Gasteiger partial charge in [0.25, 0.3) is 0 Å². The average molecular weight is 297 g/mol. The minimum absolute atomic E-state index is 0.304. The van der Waals surface area contributed by atoms with Crippen LogP contribution in [-0.4, -0.2) is 30.6 Å². The van der Waals surface area contributed by atoms with E-state index in [1.165, 1.54) is 83.6 Å². The van der Waals surface area contributed by atoms with E-state index in [1.807, 2.05) is 0 Å². The molecule has 0 radical (unpaired) electrons. The first-order valence-electron chi connectivity index (χ1n) is 9.56. The van der Waals surface area contributed by atoms with Crippen LogP contribution in [0.5, 0.6) is 0 Å². The molecule has 0 aromatic rings. The van der Waals surface area contributed by atoms with Crippen molar-refractivity contribution in [2.75, 3.05) is 20.1 Å². The van der Waals surface area contributed by atoms with E-state index >= 15 is 0 Å². The van der Waals surface area contributed by atoms with Gasteiger partial charge in [-0.15, -0.1) is 0 Å². The summed E-state index contributed by atoms with van der Waals surface area (Å²) in [4.78, 5) is 2.60. The van der Waals surface area contributed by atoms with Crippen molar-refractivity contribution >= 4 is 0 Å². The second-order valence-corrected chi connectivity index (χ2v) is 7.53. The standard InChI is InChI=1S/C19H40N2/c1-4-5-6-7-8-9-10-11-15-21(3)19(17-20)14-12-13-18(2)16-19/h18H,4-17,20H2,1-3H3. The first kappa shape index (κ1) is 19.0. The van der Waals surface area contributed by atoms with E-state index in [-0.39, 0.29) is 0 Å². The third-order valence-electron chi connectivity index (χ3n) is 5.60. The highest BCUT2D eigenvalue weighted by Gasteiger charge is 2.36. The van der Waals surface area contributed by atoms with Gasteiger partial charge >= 0.3 is 0 Å². The Hall–Kier alpha value is -0.0800. The van der Waals surface area contributed by atoms with Crippen LogP contribution >= 0.6 is 0 Å². The van der Waals surface area contributed by atoms with E-state index in [4.69, 9.17) is 5.73 Å². The molecule has 1 rings (SSSR count). The van der Waals surface area contributed by atoms with Gasteiger partial charge in [0.15, 0.2) is 0 Å². The fourth-order valence-corrected chi connectivity index (χ4v) is 4.04. The summed E-state index contributed by atoms with van der Waals surface area (Å²) < 4.78 is 0. The number of hydrogen-bond donors (Lipinski definition) is 1. The monoisotopic (exact) mass is 296 g/mol. The van der Waals surface area contributed by atoms with Crippen LogP contribution in [0.4, 0.5) is 0 Å². The molecule has 126 valence electrons. The Bertz CT molecular complexity index is 254. The Labute approximate surface area is 133 Å². The zero-order valence-electron chi connectivity index (χ0n) is 15.0. The molecule has 0 aromatic carbocycles. The van der Waals surface area contributed by atoms with Gasteiger partial charge in [0, 0.05) is 12.1 Å². The van der Waals surface area contributed by atoms with Crippen molar-refractivity contribution in [3.8, 4) is 0 Å². The predicted octanol–water partition coefficient (Wildman–Crippen LogP) is 4.97. The van der Waals surface area contributed by atoms with Gasteiger partial charge in [-0.1, -0.05) is 71.6 Å². The fraction of sp³-hybridized carbons (Fsp3) is 1.00. The molecule has 1 aliphatic rings. The van der Waals surface area contributed by atoms with E-state index in [2.05, 4.69) is 25.8 Å². The molecular weight excluding hydrogens is 256 g/mol. The summed E-state index contributed by atoms with van der Waals surface area (Å²) in [6.07, 6.45) is 16.6. The maximum atomic E-state index is 6.16. The lowest BCUT2D eigenvalue weighted by Gasteiger charge is -2.46. The third kappa shape index (κ3) is 6.69. The first-order chi connectivity index (χ1) is 10.1. The predicted molar refractivity (Wildman–Crippen MR) is 94.7 cm³/mol. The number of nitrogens with two attached hydrogens (primary N) is 1. The molecule has 1 fully saturated rings. The summed E-state index contributed by atoms with van der Waals surface area (Å²) in [5.41, 5.74) is 6.46. The SMILES string of the molecule is CCCCCCCCCCN(C)C1(CN)CCCC(C)C1. The van der Waals surface area contributed by atoms with Gasteiger partial charge in [-0.05, 0) is 38.8 Å². The summed E-state index contributed by atoms with van der Waals surface area (Å²) in [5.74, 6) is 0.850. The molecule has 2 unspecified atom stereocenters.